The second-order valence-corrected chi connectivity index (χ2v) is 7.82. The Kier molecular flexibility index (Phi) is 4.69. The van der Waals surface area contributed by atoms with E-state index in [1.54, 1.807) is 7.11 Å². The Labute approximate surface area is 149 Å². The Morgan fingerprint density at radius 1 is 1.32 bits per heavy atom. The molecule has 5 nitrogen and oxygen atoms in total. The summed E-state index contributed by atoms with van der Waals surface area (Å²) in [5.74, 6) is 1.85. The van der Waals surface area contributed by atoms with Gasteiger partial charge in [0.15, 0.2) is 0 Å². The molecule has 3 saturated heterocycles. The summed E-state index contributed by atoms with van der Waals surface area (Å²) in [6.45, 7) is 6.41. The number of carbonyl (C=O) groups is 1. The van der Waals surface area contributed by atoms with Crippen LogP contribution in [0.4, 0.5) is 0 Å². The van der Waals surface area contributed by atoms with Crippen molar-refractivity contribution in [3.8, 4) is 5.75 Å². The van der Waals surface area contributed by atoms with Gasteiger partial charge in [-0.3, -0.25) is 4.79 Å². The lowest BCUT2D eigenvalue weighted by atomic mass is 9.85. The van der Waals surface area contributed by atoms with E-state index in [9.17, 15) is 4.79 Å². The van der Waals surface area contributed by atoms with Gasteiger partial charge < -0.3 is 19.3 Å². The molecule has 0 radical (unpaired) electrons. The first kappa shape index (κ1) is 16.9. The maximum Gasteiger partial charge on any atom is 0.230 e. The SMILES string of the molecule is COc1cccc(CN2CC[C@@]3(CCN(C[C@@H]4CCOC4)C3)C2=O)c1. The maximum absolute atomic E-state index is 13.1. The second kappa shape index (κ2) is 6.96. The van der Waals surface area contributed by atoms with Crippen LogP contribution in [0.25, 0.3) is 0 Å². The summed E-state index contributed by atoms with van der Waals surface area (Å²) in [7, 11) is 1.68. The highest BCUT2D eigenvalue weighted by atomic mass is 16.5. The number of carbonyl (C=O) groups excluding carboxylic acids is 1. The molecule has 0 saturated carbocycles. The van der Waals surface area contributed by atoms with Crippen molar-refractivity contribution >= 4 is 5.91 Å². The van der Waals surface area contributed by atoms with E-state index >= 15 is 0 Å². The van der Waals surface area contributed by atoms with Crippen LogP contribution >= 0.6 is 0 Å². The molecule has 0 N–H and O–H groups in total. The first-order valence-corrected chi connectivity index (χ1v) is 9.41. The van der Waals surface area contributed by atoms with Crippen molar-refractivity contribution in [3.05, 3.63) is 29.8 Å². The molecule has 1 amide bonds. The minimum absolute atomic E-state index is 0.141. The van der Waals surface area contributed by atoms with Crippen LogP contribution in [0.15, 0.2) is 24.3 Å². The zero-order valence-electron chi connectivity index (χ0n) is 15.1. The molecule has 1 aromatic carbocycles. The Hall–Kier alpha value is -1.59. The van der Waals surface area contributed by atoms with E-state index in [1.165, 1.54) is 6.42 Å². The highest BCUT2D eigenvalue weighted by Gasteiger charge is 2.50. The summed E-state index contributed by atoms with van der Waals surface area (Å²) < 4.78 is 10.8. The zero-order valence-corrected chi connectivity index (χ0v) is 15.1. The van der Waals surface area contributed by atoms with Crippen molar-refractivity contribution in [1.82, 2.24) is 9.80 Å². The lowest BCUT2D eigenvalue weighted by molar-refractivity contribution is -0.136. The third-order valence-electron chi connectivity index (χ3n) is 6.08. The summed E-state index contributed by atoms with van der Waals surface area (Å²) >= 11 is 0. The number of benzene rings is 1. The molecule has 3 fully saturated rings. The quantitative estimate of drug-likeness (QED) is 0.821. The lowest BCUT2D eigenvalue weighted by Crippen LogP contribution is -2.37. The average molecular weight is 344 g/mol. The fourth-order valence-corrected chi connectivity index (χ4v) is 4.62. The number of likely N-dealkylation sites (tertiary alicyclic amines) is 2. The summed E-state index contributed by atoms with van der Waals surface area (Å²) in [5.41, 5.74) is 1.00. The number of hydrogen-bond acceptors (Lipinski definition) is 4. The van der Waals surface area contributed by atoms with E-state index in [1.807, 2.05) is 23.1 Å². The number of hydrogen-bond donors (Lipinski definition) is 0. The number of rotatable bonds is 5. The van der Waals surface area contributed by atoms with E-state index < -0.39 is 0 Å². The monoisotopic (exact) mass is 344 g/mol. The first-order chi connectivity index (χ1) is 12.2. The van der Waals surface area contributed by atoms with Crippen molar-refractivity contribution < 1.29 is 14.3 Å². The van der Waals surface area contributed by atoms with Crippen LogP contribution < -0.4 is 4.74 Å². The van der Waals surface area contributed by atoms with Gasteiger partial charge in [0.1, 0.15) is 5.75 Å². The van der Waals surface area contributed by atoms with Gasteiger partial charge in [-0.2, -0.15) is 0 Å². The molecule has 4 rings (SSSR count). The van der Waals surface area contributed by atoms with Crippen LogP contribution in [-0.2, 0) is 16.1 Å². The molecule has 0 unspecified atom stereocenters. The summed E-state index contributed by atoms with van der Waals surface area (Å²) in [5, 5.41) is 0. The Bertz CT molecular complexity index is 629. The third-order valence-corrected chi connectivity index (χ3v) is 6.08. The van der Waals surface area contributed by atoms with Gasteiger partial charge >= 0.3 is 0 Å². The van der Waals surface area contributed by atoms with E-state index in [-0.39, 0.29) is 5.41 Å². The normalized spacial score (nSPS) is 29.9. The van der Waals surface area contributed by atoms with Crippen LogP contribution in [0, 0.1) is 11.3 Å². The largest absolute Gasteiger partial charge is 0.497 e. The van der Waals surface area contributed by atoms with Crippen molar-refractivity contribution in [2.24, 2.45) is 11.3 Å². The van der Waals surface area contributed by atoms with Gasteiger partial charge in [0.05, 0.1) is 19.1 Å². The molecule has 25 heavy (non-hydrogen) atoms. The van der Waals surface area contributed by atoms with Gasteiger partial charge in [0.2, 0.25) is 5.91 Å². The highest BCUT2D eigenvalue weighted by molar-refractivity contribution is 5.85. The van der Waals surface area contributed by atoms with Gasteiger partial charge in [-0.05, 0) is 49.4 Å². The second-order valence-electron chi connectivity index (χ2n) is 7.82. The molecule has 0 aromatic heterocycles. The third kappa shape index (κ3) is 3.40. The van der Waals surface area contributed by atoms with E-state index in [0.29, 0.717) is 18.4 Å². The number of methoxy groups -OCH3 is 1. The van der Waals surface area contributed by atoms with Gasteiger partial charge in [-0.15, -0.1) is 0 Å². The van der Waals surface area contributed by atoms with Crippen LogP contribution in [0.5, 0.6) is 5.75 Å². The first-order valence-electron chi connectivity index (χ1n) is 9.41. The number of ether oxygens (including phenoxy) is 2. The van der Waals surface area contributed by atoms with Crippen LogP contribution in [-0.4, -0.2) is 62.2 Å². The van der Waals surface area contributed by atoms with Gasteiger partial charge in [-0.1, -0.05) is 12.1 Å². The summed E-state index contributed by atoms with van der Waals surface area (Å²) in [6.07, 6.45) is 3.17. The average Bonchev–Trinajstić information content (AvgIpc) is 3.35. The van der Waals surface area contributed by atoms with E-state index in [0.717, 1.165) is 63.5 Å². The molecule has 1 aromatic rings. The molecule has 2 atom stereocenters. The molecule has 3 aliphatic rings. The predicted octanol–water partition coefficient (Wildman–Crippen LogP) is 2.16. The van der Waals surface area contributed by atoms with Crippen LogP contribution in [0.1, 0.15) is 24.8 Å². The molecule has 1 spiro atoms. The molecule has 136 valence electrons. The highest BCUT2D eigenvalue weighted by Crippen LogP contribution is 2.41. The molecule has 5 heteroatoms. The lowest BCUT2D eigenvalue weighted by Gasteiger charge is -2.25. The van der Waals surface area contributed by atoms with Crippen molar-refractivity contribution in [3.63, 3.8) is 0 Å². The predicted molar refractivity (Wildman–Crippen MR) is 95.4 cm³/mol. The van der Waals surface area contributed by atoms with Gasteiger partial charge in [0, 0.05) is 32.8 Å². The topological polar surface area (TPSA) is 42.0 Å². The molecule has 3 heterocycles. The van der Waals surface area contributed by atoms with Crippen LogP contribution in [0.3, 0.4) is 0 Å². The van der Waals surface area contributed by atoms with E-state index in [4.69, 9.17) is 9.47 Å². The number of amides is 1. The van der Waals surface area contributed by atoms with Crippen LogP contribution in [0.2, 0.25) is 0 Å². The fraction of sp³-hybridized carbons (Fsp3) is 0.650. The summed E-state index contributed by atoms with van der Waals surface area (Å²) in [6, 6.07) is 8.03. The number of nitrogens with zero attached hydrogens (tertiary/aromatic N) is 2. The fourth-order valence-electron chi connectivity index (χ4n) is 4.62. The molecular formula is C20H28N2O3. The zero-order chi connectivity index (χ0) is 17.3. The summed E-state index contributed by atoms with van der Waals surface area (Å²) in [4.78, 5) is 17.6. The standard InChI is InChI=1S/C20H28N2O3/c1-24-18-4-2-3-16(11-18)13-22-9-7-20(19(22)23)6-8-21(15-20)12-17-5-10-25-14-17/h2-4,11,17H,5-10,12-15H2,1H3/t17-,20+/m0/s1. The van der Waals surface area contributed by atoms with Crippen molar-refractivity contribution in [1.29, 1.82) is 0 Å². The minimum Gasteiger partial charge on any atom is -0.497 e. The Morgan fingerprint density at radius 2 is 2.20 bits per heavy atom. The smallest absolute Gasteiger partial charge is 0.230 e. The molecular weight excluding hydrogens is 316 g/mol. The van der Waals surface area contributed by atoms with Crippen molar-refractivity contribution in [2.75, 3.05) is 46.5 Å². The Balaban J connectivity index is 1.37. The van der Waals surface area contributed by atoms with E-state index in [2.05, 4.69) is 11.0 Å². The van der Waals surface area contributed by atoms with Gasteiger partial charge in [0.25, 0.3) is 0 Å². The van der Waals surface area contributed by atoms with Gasteiger partial charge in [-0.25, -0.2) is 0 Å². The molecule has 0 bridgehead atoms. The molecule has 3 aliphatic heterocycles. The molecule has 0 aliphatic carbocycles. The Morgan fingerprint density at radius 3 is 3.00 bits per heavy atom. The minimum atomic E-state index is -0.141. The van der Waals surface area contributed by atoms with Crippen molar-refractivity contribution in [2.45, 2.75) is 25.8 Å². The maximum atomic E-state index is 13.1.